The maximum Gasteiger partial charge on any atom is 0.307 e. The second-order valence-corrected chi connectivity index (χ2v) is 4.08. The normalized spacial score (nSPS) is 10.0. The molecule has 0 bridgehead atoms. The molecule has 0 aliphatic heterocycles. The van der Waals surface area contributed by atoms with E-state index in [-0.39, 0.29) is 5.97 Å². The van der Waals surface area contributed by atoms with Crippen molar-refractivity contribution in [3.8, 4) is 5.75 Å². The fourth-order valence-corrected chi connectivity index (χ4v) is 1.52. The van der Waals surface area contributed by atoms with E-state index in [1.807, 2.05) is 19.1 Å². The van der Waals surface area contributed by atoms with Gasteiger partial charge in [0.1, 0.15) is 5.75 Å². The van der Waals surface area contributed by atoms with Gasteiger partial charge in [-0.2, -0.15) is 0 Å². The van der Waals surface area contributed by atoms with E-state index in [1.165, 1.54) is 0 Å². The first-order valence-electron chi connectivity index (χ1n) is 6.59. The van der Waals surface area contributed by atoms with Crippen LogP contribution in [0.4, 0.5) is 11.4 Å². The van der Waals surface area contributed by atoms with Crippen molar-refractivity contribution in [3.63, 3.8) is 0 Å². The predicted molar refractivity (Wildman–Crippen MR) is 76.4 cm³/mol. The summed E-state index contributed by atoms with van der Waals surface area (Å²) in [5.74, 6) is 0.468. The van der Waals surface area contributed by atoms with Crippen molar-refractivity contribution in [3.05, 3.63) is 18.2 Å². The third-order valence-electron chi connectivity index (χ3n) is 2.44. The summed E-state index contributed by atoms with van der Waals surface area (Å²) in [6, 6.07) is 5.49. The highest BCUT2D eigenvalue weighted by atomic mass is 16.5. The van der Waals surface area contributed by atoms with Crippen molar-refractivity contribution < 1.29 is 14.3 Å². The van der Waals surface area contributed by atoms with Crippen LogP contribution in [-0.4, -0.2) is 25.7 Å². The summed E-state index contributed by atoms with van der Waals surface area (Å²) in [7, 11) is 0. The molecule has 0 aliphatic carbocycles. The summed E-state index contributed by atoms with van der Waals surface area (Å²) < 4.78 is 10.4. The Kier molecular flexibility index (Phi) is 6.57. The van der Waals surface area contributed by atoms with Crippen LogP contribution in [0.25, 0.3) is 0 Å². The van der Waals surface area contributed by atoms with E-state index in [1.54, 1.807) is 13.0 Å². The van der Waals surface area contributed by atoms with Crippen LogP contribution in [0.5, 0.6) is 5.75 Å². The average Bonchev–Trinajstić information content (AvgIpc) is 2.39. The molecule has 0 fully saturated rings. The van der Waals surface area contributed by atoms with Gasteiger partial charge < -0.3 is 20.5 Å². The Hall–Kier alpha value is -1.91. The number of carbonyl (C=O) groups is 1. The number of nitrogen functional groups attached to an aromatic ring is 1. The smallest absolute Gasteiger partial charge is 0.307 e. The number of anilines is 2. The number of nitrogens with two attached hydrogens (primary N) is 1. The molecule has 0 spiro atoms. The highest BCUT2D eigenvalue weighted by Crippen LogP contribution is 2.25. The molecule has 0 heterocycles. The zero-order valence-electron chi connectivity index (χ0n) is 11.6. The van der Waals surface area contributed by atoms with Crippen LogP contribution >= 0.6 is 0 Å². The highest BCUT2D eigenvalue weighted by Gasteiger charge is 2.04. The van der Waals surface area contributed by atoms with Crippen LogP contribution in [0, 0.1) is 0 Å². The molecule has 0 unspecified atom stereocenters. The Morgan fingerprint density at radius 3 is 2.84 bits per heavy atom. The molecule has 19 heavy (non-hydrogen) atoms. The lowest BCUT2D eigenvalue weighted by atomic mass is 10.2. The number of hydrogen-bond acceptors (Lipinski definition) is 5. The minimum atomic E-state index is -0.201. The van der Waals surface area contributed by atoms with Crippen LogP contribution in [0.1, 0.15) is 26.7 Å². The molecule has 0 aromatic heterocycles. The lowest BCUT2D eigenvalue weighted by Crippen LogP contribution is -2.11. The Balaban J connectivity index is 2.47. The van der Waals surface area contributed by atoms with Crippen molar-refractivity contribution in [2.75, 3.05) is 30.8 Å². The highest BCUT2D eigenvalue weighted by molar-refractivity contribution is 5.70. The number of hydrogen-bond donors (Lipinski definition) is 2. The topological polar surface area (TPSA) is 73.6 Å². The van der Waals surface area contributed by atoms with Gasteiger partial charge in [-0.3, -0.25) is 4.79 Å². The van der Waals surface area contributed by atoms with Gasteiger partial charge >= 0.3 is 5.97 Å². The SMILES string of the molecule is CCCOc1cc(NCCC(=O)OCC)ccc1N. The summed E-state index contributed by atoms with van der Waals surface area (Å²) in [4.78, 5) is 11.2. The Morgan fingerprint density at radius 2 is 2.16 bits per heavy atom. The number of benzene rings is 1. The van der Waals surface area contributed by atoms with E-state index in [2.05, 4.69) is 5.32 Å². The van der Waals surface area contributed by atoms with Crippen molar-refractivity contribution in [2.24, 2.45) is 0 Å². The quantitative estimate of drug-likeness (QED) is 0.558. The van der Waals surface area contributed by atoms with Crippen LogP contribution in [-0.2, 0) is 9.53 Å². The molecule has 0 amide bonds. The lowest BCUT2D eigenvalue weighted by Gasteiger charge is -2.11. The van der Waals surface area contributed by atoms with Gasteiger partial charge in [-0.05, 0) is 25.5 Å². The molecule has 0 radical (unpaired) electrons. The molecule has 0 aliphatic rings. The summed E-state index contributed by atoms with van der Waals surface area (Å²) in [5.41, 5.74) is 7.31. The molecule has 5 nitrogen and oxygen atoms in total. The first kappa shape index (κ1) is 15.1. The number of carbonyl (C=O) groups excluding carboxylic acids is 1. The summed E-state index contributed by atoms with van der Waals surface area (Å²) in [6.07, 6.45) is 1.27. The minimum Gasteiger partial charge on any atom is -0.491 e. The first-order valence-corrected chi connectivity index (χ1v) is 6.59. The average molecular weight is 266 g/mol. The molecule has 3 N–H and O–H groups in total. The summed E-state index contributed by atoms with van der Waals surface area (Å²) >= 11 is 0. The molecule has 1 aromatic carbocycles. The summed E-state index contributed by atoms with van der Waals surface area (Å²) in [5, 5.41) is 3.14. The summed E-state index contributed by atoms with van der Waals surface area (Å²) in [6.45, 7) is 5.41. The Morgan fingerprint density at radius 1 is 1.37 bits per heavy atom. The Bertz CT molecular complexity index is 408. The van der Waals surface area contributed by atoms with E-state index in [0.29, 0.717) is 37.6 Å². The van der Waals surface area contributed by atoms with Gasteiger partial charge in [0.25, 0.3) is 0 Å². The standard InChI is InChI=1S/C14H22N2O3/c1-3-9-19-13-10-11(5-6-12(13)15)16-8-7-14(17)18-4-2/h5-6,10,16H,3-4,7-9,15H2,1-2H3. The molecule has 0 saturated heterocycles. The van der Waals surface area contributed by atoms with Gasteiger partial charge in [0.05, 0.1) is 25.3 Å². The van der Waals surface area contributed by atoms with Gasteiger partial charge in [-0.25, -0.2) is 0 Å². The van der Waals surface area contributed by atoms with Gasteiger partial charge in [0.15, 0.2) is 0 Å². The van der Waals surface area contributed by atoms with Crippen molar-refractivity contribution in [2.45, 2.75) is 26.7 Å². The van der Waals surface area contributed by atoms with E-state index in [9.17, 15) is 4.79 Å². The van der Waals surface area contributed by atoms with Crippen molar-refractivity contribution >= 4 is 17.3 Å². The van der Waals surface area contributed by atoms with Gasteiger partial charge in [-0.15, -0.1) is 0 Å². The Labute approximate surface area is 114 Å². The van der Waals surface area contributed by atoms with Crippen molar-refractivity contribution in [1.82, 2.24) is 0 Å². The van der Waals surface area contributed by atoms with Gasteiger partial charge in [0.2, 0.25) is 0 Å². The monoisotopic (exact) mass is 266 g/mol. The number of esters is 1. The van der Waals surface area contributed by atoms with E-state index >= 15 is 0 Å². The molecule has 0 saturated carbocycles. The largest absolute Gasteiger partial charge is 0.491 e. The maximum absolute atomic E-state index is 11.2. The van der Waals surface area contributed by atoms with Crippen LogP contribution in [0.15, 0.2) is 18.2 Å². The van der Waals surface area contributed by atoms with E-state index in [4.69, 9.17) is 15.2 Å². The predicted octanol–water partition coefficient (Wildman–Crippen LogP) is 2.42. The zero-order valence-corrected chi connectivity index (χ0v) is 11.6. The van der Waals surface area contributed by atoms with E-state index in [0.717, 1.165) is 12.1 Å². The molecular weight excluding hydrogens is 244 g/mol. The maximum atomic E-state index is 11.2. The van der Waals surface area contributed by atoms with Crippen LogP contribution in [0.2, 0.25) is 0 Å². The zero-order chi connectivity index (χ0) is 14.1. The number of nitrogens with one attached hydrogen (secondary N) is 1. The molecule has 5 heteroatoms. The molecule has 106 valence electrons. The number of ether oxygens (including phenoxy) is 2. The third kappa shape index (κ3) is 5.50. The third-order valence-corrected chi connectivity index (χ3v) is 2.44. The van der Waals surface area contributed by atoms with Gasteiger partial charge in [-0.1, -0.05) is 6.92 Å². The number of rotatable bonds is 8. The molecular formula is C14H22N2O3. The van der Waals surface area contributed by atoms with E-state index < -0.39 is 0 Å². The minimum absolute atomic E-state index is 0.201. The van der Waals surface area contributed by atoms with Crippen LogP contribution < -0.4 is 15.8 Å². The fraction of sp³-hybridized carbons (Fsp3) is 0.500. The first-order chi connectivity index (χ1) is 9.17. The second-order valence-electron chi connectivity index (χ2n) is 4.08. The molecule has 1 aromatic rings. The van der Waals surface area contributed by atoms with Crippen LogP contribution in [0.3, 0.4) is 0 Å². The van der Waals surface area contributed by atoms with Crippen molar-refractivity contribution in [1.29, 1.82) is 0 Å². The fourth-order valence-electron chi connectivity index (χ4n) is 1.52. The molecule has 0 atom stereocenters. The lowest BCUT2D eigenvalue weighted by molar-refractivity contribution is -0.142. The molecule has 1 rings (SSSR count). The second kappa shape index (κ2) is 8.24. The van der Waals surface area contributed by atoms with Gasteiger partial charge in [0, 0.05) is 18.3 Å².